The van der Waals surface area contributed by atoms with E-state index in [1.54, 1.807) is 20.0 Å². The smallest absolute Gasteiger partial charge is 0.234 e. The largest absolute Gasteiger partial charge is 0.381 e. The number of hydrogen-bond donors (Lipinski definition) is 2. The fourth-order valence-electron chi connectivity index (χ4n) is 2.77. The summed E-state index contributed by atoms with van der Waals surface area (Å²) in [6.45, 7) is 4.15. The van der Waals surface area contributed by atoms with E-state index in [0.717, 1.165) is 26.2 Å². The number of aliphatic imine (C=N–C) groups is 1. The molecule has 154 valence electrons. The van der Waals surface area contributed by atoms with E-state index in [9.17, 15) is 12.8 Å². The van der Waals surface area contributed by atoms with Gasteiger partial charge in [-0.3, -0.25) is 9.71 Å². The standard InChI is InChI=1S/C17H27FN4O3S.HI/c1-13-4-5-15(10-16(13)18)21-26(23,24)9-7-20-17(19-2)22(3)11-14-6-8-25-12-14;/h4-5,10,14,21H,6-9,11-12H2,1-3H3,(H,19,20);1H. The lowest BCUT2D eigenvalue weighted by Gasteiger charge is -2.24. The van der Waals surface area contributed by atoms with Crippen molar-refractivity contribution in [2.45, 2.75) is 13.3 Å². The second kappa shape index (κ2) is 11.0. The molecule has 0 saturated carbocycles. The second-order valence-corrected chi connectivity index (χ2v) is 8.31. The third-order valence-electron chi connectivity index (χ3n) is 4.23. The molecular weight excluding hydrogens is 486 g/mol. The van der Waals surface area contributed by atoms with E-state index in [0.29, 0.717) is 17.4 Å². The van der Waals surface area contributed by atoms with Crippen molar-refractivity contribution in [3.63, 3.8) is 0 Å². The van der Waals surface area contributed by atoms with Crippen molar-refractivity contribution in [3.05, 3.63) is 29.6 Å². The predicted octanol–water partition coefficient (Wildman–Crippen LogP) is 2.04. The minimum atomic E-state index is -3.59. The van der Waals surface area contributed by atoms with Crippen LogP contribution < -0.4 is 10.0 Å². The van der Waals surface area contributed by atoms with E-state index >= 15 is 0 Å². The molecule has 0 bridgehead atoms. The van der Waals surface area contributed by atoms with Gasteiger partial charge in [0.25, 0.3) is 0 Å². The third kappa shape index (κ3) is 7.78. The number of aryl methyl sites for hydroxylation is 1. The summed E-state index contributed by atoms with van der Waals surface area (Å²) in [5.41, 5.74) is 0.685. The van der Waals surface area contributed by atoms with Crippen molar-refractivity contribution in [1.82, 2.24) is 10.2 Å². The molecule has 1 aromatic carbocycles. The highest BCUT2D eigenvalue weighted by atomic mass is 127. The summed E-state index contributed by atoms with van der Waals surface area (Å²) in [7, 11) is -0.0182. The lowest BCUT2D eigenvalue weighted by molar-refractivity contribution is 0.181. The zero-order valence-electron chi connectivity index (χ0n) is 15.9. The van der Waals surface area contributed by atoms with Crippen LogP contribution in [0.15, 0.2) is 23.2 Å². The number of guanidine groups is 1. The molecule has 1 aliphatic rings. The van der Waals surface area contributed by atoms with Crippen molar-refractivity contribution in [1.29, 1.82) is 0 Å². The Balaban J connectivity index is 0.00000364. The maximum Gasteiger partial charge on any atom is 0.234 e. The van der Waals surface area contributed by atoms with E-state index < -0.39 is 15.8 Å². The monoisotopic (exact) mass is 514 g/mol. The first-order valence-electron chi connectivity index (χ1n) is 8.57. The molecule has 1 aliphatic heterocycles. The molecular formula is C17H28FIN4O3S. The van der Waals surface area contributed by atoms with Crippen molar-refractivity contribution < 1.29 is 17.5 Å². The van der Waals surface area contributed by atoms with E-state index in [4.69, 9.17) is 4.74 Å². The van der Waals surface area contributed by atoms with Crippen molar-refractivity contribution in [2.75, 3.05) is 50.9 Å². The maximum atomic E-state index is 13.5. The molecule has 1 atom stereocenters. The summed E-state index contributed by atoms with van der Waals surface area (Å²) in [6, 6.07) is 4.26. The number of nitrogens with one attached hydrogen (secondary N) is 2. The normalized spacial score (nSPS) is 17.3. The third-order valence-corrected chi connectivity index (χ3v) is 5.52. The van der Waals surface area contributed by atoms with Crippen LogP contribution in [0, 0.1) is 18.7 Å². The Labute approximate surface area is 177 Å². The van der Waals surface area contributed by atoms with Crippen LogP contribution in [0.1, 0.15) is 12.0 Å². The van der Waals surface area contributed by atoms with Gasteiger partial charge in [0.2, 0.25) is 10.0 Å². The van der Waals surface area contributed by atoms with Crippen LogP contribution in [0.25, 0.3) is 0 Å². The topological polar surface area (TPSA) is 83.0 Å². The number of ether oxygens (including phenoxy) is 1. The molecule has 0 aliphatic carbocycles. The molecule has 1 aromatic rings. The molecule has 1 heterocycles. The summed E-state index contributed by atoms with van der Waals surface area (Å²) >= 11 is 0. The molecule has 1 unspecified atom stereocenters. The van der Waals surface area contributed by atoms with Crippen LogP contribution in [0.2, 0.25) is 0 Å². The molecule has 2 N–H and O–H groups in total. The fraction of sp³-hybridized carbons (Fsp3) is 0.588. The molecule has 1 fully saturated rings. The number of hydrogen-bond acceptors (Lipinski definition) is 4. The van der Waals surface area contributed by atoms with Gasteiger partial charge in [-0.25, -0.2) is 12.8 Å². The average molecular weight is 514 g/mol. The number of sulfonamides is 1. The van der Waals surface area contributed by atoms with E-state index in [-0.39, 0.29) is 42.0 Å². The van der Waals surface area contributed by atoms with Crippen molar-refractivity contribution in [2.24, 2.45) is 10.9 Å². The minimum absolute atomic E-state index is 0. The van der Waals surface area contributed by atoms with Gasteiger partial charge in [-0.2, -0.15) is 0 Å². The molecule has 2 rings (SSSR count). The molecule has 0 amide bonds. The van der Waals surface area contributed by atoms with Crippen LogP contribution in [-0.2, 0) is 14.8 Å². The Bertz CT molecular complexity index is 740. The van der Waals surface area contributed by atoms with Gasteiger partial charge in [-0.1, -0.05) is 6.07 Å². The first-order chi connectivity index (χ1) is 12.3. The lowest BCUT2D eigenvalue weighted by atomic mass is 10.1. The number of nitrogens with zero attached hydrogens (tertiary/aromatic N) is 2. The van der Waals surface area contributed by atoms with Crippen molar-refractivity contribution in [3.8, 4) is 0 Å². The quantitative estimate of drug-likeness (QED) is 0.331. The zero-order valence-corrected chi connectivity index (χ0v) is 19.0. The molecule has 0 radical (unpaired) electrons. The number of rotatable bonds is 7. The molecule has 10 heteroatoms. The van der Waals surface area contributed by atoms with Gasteiger partial charge >= 0.3 is 0 Å². The van der Waals surface area contributed by atoms with E-state index in [2.05, 4.69) is 15.0 Å². The summed E-state index contributed by atoms with van der Waals surface area (Å²) in [5, 5.41) is 3.05. The molecule has 27 heavy (non-hydrogen) atoms. The van der Waals surface area contributed by atoms with Crippen LogP contribution in [0.3, 0.4) is 0 Å². The molecule has 0 aromatic heterocycles. The fourth-order valence-corrected chi connectivity index (χ4v) is 3.73. The van der Waals surface area contributed by atoms with E-state index in [1.165, 1.54) is 12.1 Å². The summed E-state index contributed by atoms with van der Waals surface area (Å²) < 4.78 is 45.6. The van der Waals surface area contributed by atoms with Gasteiger partial charge in [-0.05, 0) is 31.0 Å². The van der Waals surface area contributed by atoms with Crippen LogP contribution in [0.5, 0.6) is 0 Å². The molecule has 7 nitrogen and oxygen atoms in total. The highest BCUT2D eigenvalue weighted by molar-refractivity contribution is 14.0. The number of anilines is 1. The average Bonchev–Trinajstić information content (AvgIpc) is 3.07. The van der Waals surface area contributed by atoms with Gasteiger partial charge in [0, 0.05) is 39.7 Å². The predicted molar refractivity (Wildman–Crippen MR) is 117 cm³/mol. The van der Waals surface area contributed by atoms with Gasteiger partial charge in [0.1, 0.15) is 5.82 Å². The van der Waals surface area contributed by atoms with Crippen molar-refractivity contribution >= 4 is 45.6 Å². The molecule has 1 saturated heterocycles. The Kier molecular flexibility index (Phi) is 9.74. The Hall–Kier alpha value is -1.14. The highest BCUT2D eigenvalue weighted by Gasteiger charge is 2.19. The highest BCUT2D eigenvalue weighted by Crippen LogP contribution is 2.15. The van der Waals surface area contributed by atoms with Gasteiger partial charge in [0.05, 0.1) is 18.0 Å². The van der Waals surface area contributed by atoms with E-state index in [1.807, 2.05) is 11.9 Å². The van der Waals surface area contributed by atoms with Crippen LogP contribution in [-0.4, -0.2) is 65.4 Å². The minimum Gasteiger partial charge on any atom is -0.381 e. The number of benzene rings is 1. The first-order valence-corrected chi connectivity index (χ1v) is 10.2. The first kappa shape index (κ1) is 23.9. The molecule has 0 spiro atoms. The zero-order chi connectivity index (χ0) is 19.2. The Morgan fingerprint density at radius 3 is 2.78 bits per heavy atom. The maximum absolute atomic E-state index is 13.5. The summed E-state index contributed by atoms with van der Waals surface area (Å²) in [4.78, 5) is 6.15. The summed E-state index contributed by atoms with van der Waals surface area (Å²) in [5.74, 6) is 0.497. The van der Waals surface area contributed by atoms with Crippen LogP contribution >= 0.6 is 24.0 Å². The summed E-state index contributed by atoms with van der Waals surface area (Å²) in [6.07, 6.45) is 1.02. The number of halogens is 2. The second-order valence-electron chi connectivity index (χ2n) is 6.47. The Morgan fingerprint density at radius 2 is 2.19 bits per heavy atom. The Morgan fingerprint density at radius 1 is 1.44 bits per heavy atom. The van der Waals surface area contributed by atoms with Gasteiger partial charge < -0.3 is 15.0 Å². The van der Waals surface area contributed by atoms with Gasteiger partial charge in [-0.15, -0.1) is 24.0 Å². The van der Waals surface area contributed by atoms with Crippen LogP contribution in [0.4, 0.5) is 10.1 Å². The lowest BCUT2D eigenvalue weighted by Crippen LogP contribution is -2.43. The SMILES string of the molecule is CN=C(NCCS(=O)(=O)Nc1ccc(C)c(F)c1)N(C)CC1CCOC1.I. The van der Waals surface area contributed by atoms with Gasteiger partial charge in [0.15, 0.2) is 5.96 Å².